The summed E-state index contributed by atoms with van der Waals surface area (Å²) in [4.78, 5) is 0. The quantitative estimate of drug-likeness (QED) is 0.471. The summed E-state index contributed by atoms with van der Waals surface area (Å²) in [5, 5.41) is 0. The molecule has 0 radical (unpaired) electrons. The van der Waals surface area contributed by atoms with Crippen molar-refractivity contribution in [2.75, 3.05) is 0 Å². The summed E-state index contributed by atoms with van der Waals surface area (Å²) in [7, 11) is 0. The molecule has 0 unspecified atom stereocenters. The second-order valence-electron chi connectivity index (χ2n) is 5.34. The molecule has 0 amide bonds. The third kappa shape index (κ3) is 1.72. The van der Waals surface area contributed by atoms with E-state index in [4.69, 9.17) is 0 Å². The van der Waals surface area contributed by atoms with Gasteiger partial charge in [0.05, 0.1) is 0 Å². The van der Waals surface area contributed by atoms with Gasteiger partial charge in [-0.1, -0.05) is 57.2 Å². The second-order valence-corrected chi connectivity index (χ2v) is 5.34. The Balaban J connectivity index is 0.00000120. The van der Waals surface area contributed by atoms with E-state index in [1.165, 1.54) is 28.2 Å². The molecule has 0 aliphatic heterocycles. The number of fused-ring (bicyclic) bond motifs is 2. The minimum absolute atomic E-state index is 0. The number of benzene rings is 2. The fourth-order valence-electron chi connectivity index (χ4n) is 3.00. The van der Waals surface area contributed by atoms with Crippen molar-refractivity contribution >= 4 is 0 Å². The standard InChI is InChI=1S/C17H17.Li/c1-12-13-8-4-6-10-15(13)17(2,3)16-11-7-5-9-14(12)16;/h4-11H,1-3H3;/q-1;+1. The molecule has 3 rings (SSSR count). The largest absolute Gasteiger partial charge is 1.00 e. The molecule has 0 atom stereocenters. The van der Waals surface area contributed by atoms with Crippen LogP contribution >= 0.6 is 0 Å². The van der Waals surface area contributed by atoms with E-state index in [2.05, 4.69) is 69.3 Å². The molecular formula is C17H17Li. The maximum atomic E-state index is 2.32. The average molecular weight is 228 g/mol. The smallest absolute Gasteiger partial charge is 0.118 e. The maximum absolute atomic E-state index is 2.32. The van der Waals surface area contributed by atoms with E-state index in [1.54, 1.807) is 0 Å². The fraction of sp³-hybridized carbons (Fsp3) is 0.235. The zero-order valence-electron chi connectivity index (χ0n) is 11.6. The van der Waals surface area contributed by atoms with Gasteiger partial charge in [0.2, 0.25) is 0 Å². The van der Waals surface area contributed by atoms with Crippen molar-refractivity contribution in [3.8, 4) is 0 Å². The molecule has 0 saturated heterocycles. The average Bonchev–Trinajstić information content (AvgIpc) is 2.37. The van der Waals surface area contributed by atoms with Crippen LogP contribution in [0.5, 0.6) is 0 Å². The van der Waals surface area contributed by atoms with Crippen molar-refractivity contribution in [3.63, 3.8) is 0 Å². The van der Waals surface area contributed by atoms with Gasteiger partial charge >= 0.3 is 18.9 Å². The predicted molar refractivity (Wildman–Crippen MR) is 72.1 cm³/mol. The van der Waals surface area contributed by atoms with Gasteiger partial charge < -0.3 is 0 Å². The molecule has 0 saturated carbocycles. The van der Waals surface area contributed by atoms with Crippen molar-refractivity contribution in [1.82, 2.24) is 0 Å². The SMILES string of the molecule is C[C-]1c2ccccc2C(C)(C)c2ccccc21.[Li+]. The zero-order chi connectivity index (χ0) is 12.0. The summed E-state index contributed by atoms with van der Waals surface area (Å²) < 4.78 is 0. The Morgan fingerprint density at radius 1 is 0.778 bits per heavy atom. The topological polar surface area (TPSA) is 0 Å². The minimum atomic E-state index is 0. The van der Waals surface area contributed by atoms with Gasteiger partial charge in [0.1, 0.15) is 0 Å². The first kappa shape index (κ1) is 13.3. The fourth-order valence-corrected chi connectivity index (χ4v) is 3.00. The molecule has 0 N–H and O–H groups in total. The molecule has 1 aliphatic rings. The van der Waals surface area contributed by atoms with Gasteiger partial charge in [0.15, 0.2) is 0 Å². The molecule has 86 valence electrons. The molecule has 1 aliphatic carbocycles. The molecule has 0 bridgehead atoms. The number of rotatable bonds is 0. The van der Waals surface area contributed by atoms with Crippen LogP contribution in [0.3, 0.4) is 0 Å². The summed E-state index contributed by atoms with van der Waals surface area (Å²) in [6.07, 6.45) is 0. The van der Waals surface area contributed by atoms with E-state index in [9.17, 15) is 0 Å². The van der Waals surface area contributed by atoms with Crippen molar-refractivity contribution in [3.05, 3.63) is 76.7 Å². The Bertz CT molecular complexity index is 520. The van der Waals surface area contributed by atoms with Crippen molar-refractivity contribution in [2.45, 2.75) is 26.2 Å². The maximum Gasteiger partial charge on any atom is 1.00 e. The summed E-state index contributed by atoms with van der Waals surface area (Å²) >= 11 is 0. The van der Waals surface area contributed by atoms with Crippen molar-refractivity contribution in [2.24, 2.45) is 0 Å². The summed E-state index contributed by atoms with van der Waals surface area (Å²) in [5.41, 5.74) is 5.78. The first-order valence-electron chi connectivity index (χ1n) is 6.15. The molecule has 1 heteroatoms. The van der Waals surface area contributed by atoms with Crippen LogP contribution in [0.4, 0.5) is 0 Å². The molecular weight excluding hydrogens is 211 g/mol. The van der Waals surface area contributed by atoms with Gasteiger partial charge in [-0.3, -0.25) is 0 Å². The van der Waals surface area contributed by atoms with Crippen molar-refractivity contribution in [1.29, 1.82) is 0 Å². The Morgan fingerprint density at radius 3 is 1.61 bits per heavy atom. The van der Waals surface area contributed by atoms with Gasteiger partial charge in [0, 0.05) is 0 Å². The molecule has 0 fully saturated rings. The van der Waals surface area contributed by atoms with Gasteiger partial charge in [-0.25, -0.2) is 0 Å². The third-order valence-electron chi connectivity index (χ3n) is 4.01. The van der Waals surface area contributed by atoms with Crippen LogP contribution in [0.15, 0.2) is 48.5 Å². The van der Waals surface area contributed by atoms with Gasteiger partial charge in [0.25, 0.3) is 0 Å². The summed E-state index contributed by atoms with van der Waals surface area (Å²) in [6.45, 7) is 6.86. The first-order chi connectivity index (χ1) is 8.12. The van der Waals surface area contributed by atoms with Crippen LogP contribution in [0.25, 0.3) is 0 Å². The number of hydrogen-bond donors (Lipinski definition) is 0. The number of hydrogen-bond acceptors (Lipinski definition) is 0. The first-order valence-corrected chi connectivity index (χ1v) is 6.15. The van der Waals surface area contributed by atoms with Crippen molar-refractivity contribution < 1.29 is 18.9 Å². The normalized spacial score (nSPS) is 15.4. The van der Waals surface area contributed by atoms with Crippen LogP contribution in [-0.2, 0) is 5.41 Å². The second kappa shape index (κ2) is 4.54. The van der Waals surface area contributed by atoms with E-state index in [0.29, 0.717) is 0 Å². The van der Waals surface area contributed by atoms with E-state index in [1.807, 2.05) is 0 Å². The Morgan fingerprint density at radius 2 is 1.17 bits per heavy atom. The minimum Gasteiger partial charge on any atom is -0.118 e. The Kier molecular flexibility index (Phi) is 3.36. The molecule has 0 nitrogen and oxygen atoms in total. The van der Waals surface area contributed by atoms with E-state index >= 15 is 0 Å². The van der Waals surface area contributed by atoms with Gasteiger partial charge in [-0.05, 0) is 5.41 Å². The summed E-state index contributed by atoms with van der Waals surface area (Å²) in [6, 6.07) is 17.5. The third-order valence-corrected chi connectivity index (χ3v) is 4.01. The molecule has 2 aromatic carbocycles. The molecule has 0 heterocycles. The van der Waals surface area contributed by atoms with E-state index < -0.39 is 0 Å². The van der Waals surface area contributed by atoms with E-state index in [0.717, 1.165) is 0 Å². The summed E-state index contributed by atoms with van der Waals surface area (Å²) in [5.74, 6) is 1.40. The predicted octanol–water partition coefficient (Wildman–Crippen LogP) is 1.32. The monoisotopic (exact) mass is 228 g/mol. The Hall–Kier alpha value is -1.09. The zero-order valence-corrected chi connectivity index (χ0v) is 11.6. The van der Waals surface area contributed by atoms with Crippen LogP contribution in [0.1, 0.15) is 43.0 Å². The molecule has 18 heavy (non-hydrogen) atoms. The van der Waals surface area contributed by atoms with Gasteiger partial charge in [-0.2, -0.15) is 0 Å². The van der Waals surface area contributed by atoms with E-state index in [-0.39, 0.29) is 24.3 Å². The van der Waals surface area contributed by atoms with Crippen LogP contribution in [0.2, 0.25) is 0 Å². The van der Waals surface area contributed by atoms with Crippen LogP contribution in [-0.4, -0.2) is 0 Å². The van der Waals surface area contributed by atoms with Crippen LogP contribution in [0, 0.1) is 5.92 Å². The molecule has 0 aromatic heterocycles. The molecule has 0 spiro atoms. The Labute approximate surface area is 122 Å². The molecule has 2 aromatic rings. The van der Waals surface area contributed by atoms with Crippen LogP contribution < -0.4 is 18.9 Å². The van der Waals surface area contributed by atoms with Gasteiger partial charge in [-0.15, -0.1) is 40.3 Å².